The van der Waals surface area contributed by atoms with Crippen LogP contribution in [0.15, 0.2) is 42.5 Å². The van der Waals surface area contributed by atoms with Gasteiger partial charge < -0.3 is 5.73 Å². The number of rotatable bonds is 3. The van der Waals surface area contributed by atoms with Gasteiger partial charge in [0.2, 0.25) is 0 Å². The van der Waals surface area contributed by atoms with Crippen LogP contribution in [0.5, 0.6) is 0 Å². The van der Waals surface area contributed by atoms with Crippen LogP contribution in [0.25, 0.3) is 0 Å². The second-order valence-electron chi connectivity index (χ2n) is 4.47. The molecule has 1 atom stereocenters. The van der Waals surface area contributed by atoms with E-state index in [2.05, 4.69) is 53.8 Å². The minimum Gasteiger partial charge on any atom is -0.324 e. The lowest BCUT2D eigenvalue weighted by molar-refractivity contribution is 0.717. The summed E-state index contributed by atoms with van der Waals surface area (Å²) in [5.74, 6) is 0. The SMILES string of the molecule is Cc1cccc(CC(N)c2cc(Cl)ccc2I)c1. The maximum atomic E-state index is 6.28. The highest BCUT2D eigenvalue weighted by atomic mass is 127. The van der Waals surface area contributed by atoms with E-state index in [4.69, 9.17) is 17.3 Å². The van der Waals surface area contributed by atoms with E-state index in [1.165, 1.54) is 11.1 Å². The second kappa shape index (κ2) is 6.04. The van der Waals surface area contributed by atoms with Crippen LogP contribution in [-0.2, 0) is 6.42 Å². The van der Waals surface area contributed by atoms with Crippen molar-refractivity contribution >= 4 is 34.2 Å². The summed E-state index contributed by atoms with van der Waals surface area (Å²) in [6.45, 7) is 2.10. The lowest BCUT2D eigenvalue weighted by Crippen LogP contribution is -2.14. The molecule has 0 bridgehead atoms. The monoisotopic (exact) mass is 371 g/mol. The largest absolute Gasteiger partial charge is 0.324 e. The first-order chi connectivity index (χ1) is 8.56. The molecule has 0 heterocycles. The highest BCUT2D eigenvalue weighted by molar-refractivity contribution is 14.1. The van der Waals surface area contributed by atoms with Crippen LogP contribution >= 0.6 is 34.2 Å². The molecule has 0 fully saturated rings. The molecular formula is C15H15ClIN. The molecule has 0 aliphatic heterocycles. The molecule has 2 rings (SSSR count). The Morgan fingerprint density at radius 2 is 2.00 bits per heavy atom. The predicted molar refractivity (Wildman–Crippen MR) is 86.0 cm³/mol. The first-order valence-electron chi connectivity index (χ1n) is 5.82. The Bertz CT molecular complexity index is 554. The molecule has 0 spiro atoms. The fraction of sp³-hybridized carbons (Fsp3) is 0.200. The van der Waals surface area contributed by atoms with Crippen molar-refractivity contribution in [2.45, 2.75) is 19.4 Å². The number of nitrogens with two attached hydrogens (primary N) is 1. The van der Waals surface area contributed by atoms with E-state index >= 15 is 0 Å². The van der Waals surface area contributed by atoms with Crippen LogP contribution in [0, 0.1) is 10.5 Å². The fourth-order valence-corrected chi connectivity index (χ4v) is 2.92. The molecule has 2 aromatic rings. The van der Waals surface area contributed by atoms with E-state index in [0.717, 1.165) is 20.6 Å². The normalized spacial score (nSPS) is 12.4. The Balaban J connectivity index is 2.21. The van der Waals surface area contributed by atoms with Gasteiger partial charge in [-0.15, -0.1) is 0 Å². The summed E-state index contributed by atoms with van der Waals surface area (Å²) in [6, 6.07) is 14.3. The Kier molecular flexibility index (Phi) is 4.65. The van der Waals surface area contributed by atoms with Crippen molar-refractivity contribution in [1.82, 2.24) is 0 Å². The standard InChI is InChI=1S/C15H15ClIN/c1-10-3-2-4-11(7-10)8-15(18)13-9-12(16)5-6-14(13)17/h2-7,9,15H,8,18H2,1H3. The average molecular weight is 372 g/mol. The quantitative estimate of drug-likeness (QED) is 0.790. The van der Waals surface area contributed by atoms with Gasteiger partial charge in [0.25, 0.3) is 0 Å². The molecule has 0 radical (unpaired) electrons. The van der Waals surface area contributed by atoms with E-state index in [0.29, 0.717) is 0 Å². The van der Waals surface area contributed by atoms with Crippen molar-refractivity contribution in [1.29, 1.82) is 0 Å². The van der Waals surface area contributed by atoms with Gasteiger partial charge in [-0.3, -0.25) is 0 Å². The smallest absolute Gasteiger partial charge is 0.0410 e. The molecule has 1 unspecified atom stereocenters. The van der Waals surface area contributed by atoms with Gasteiger partial charge in [0.15, 0.2) is 0 Å². The van der Waals surface area contributed by atoms with Crippen molar-refractivity contribution in [3.8, 4) is 0 Å². The maximum Gasteiger partial charge on any atom is 0.0410 e. The van der Waals surface area contributed by atoms with Gasteiger partial charge in [0.1, 0.15) is 0 Å². The minimum absolute atomic E-state index is 0.0163. The van der Waals surface area contributed by atoms with Crippen LogP contribution in [-0.4, -0.2) is 0 Å². The Labute approximate surface area is 126 Å². The molecule has 0 saturated heterocycles. The second-order valence-corrected chi connectivity index (χ2v) is 6.06. The molecule has 94 valence electrons. The summed E-state index contributed by atoms with van der Waals surface area (Å²) in [6.07, 6.45) is 0.831. The highest BCUT2D eigenvalue weighted by Crippen LogP contribution is 2.25. The zero-order valence-electron chi connectivity index (χ0n) is 10.2. The zero-order valence-corrected chi connectivity index (χ0v) is 13.1. The van der Waals surface area contributed by atoms with Gasteiger partial charge in [-0.2, -0.15) is 0 Å². The summed E-state index contributed by atoms with van der Waals surface area (Å²) in [7, 11) is 0. The Hall–Kier alpha value is -0.580. The fourth-order valence-electron chi connectivity index (χ4n) is 2.00. The van der Waals surface area contributed by atoms with Crippen LogP contribution < -0.4 is 5.73 Å². The van der Waals surface area contributed by atoms with Crippen LogP contribution in [0.1, 0.15) is 22.7 Å². The van der Waals surface area contributed by atoms with Crippen molar-refractivity contribution in [2.75, 3.05) is 0 Å². The van der Waals surface area contributed by atoms with Crippen molar-refractivity contribution in [3.05, 3.63) is 67.7 Å². The lowest BCUT2D eigenvalue weighted by atomic mass is 9.99. The number of benzene rings is 2. The summed E-state index contributed by atoms with van der Waals surface area (Å²) in [5.41, 5.74) is 9.93. The molecule has 2 N–H and O–H groups in total. The summed E-state index contributed by atoms with van der Waals surface area (Å²) in [5, 5.41) is 0.741. The molecule has 0 saturated carbocycles. The van der Waals surface area contributed by atoms with Gasteiger partial charge in [0, 0.05) is 14.6 Å². The molecule has 18 heavy (non-hydrogen) atoms. The van der Waals surface area contributed by atoms with Gasteiger partial charge in [-0.05, 0) is 65.3 Å². The Morgan fingerprint density at radius 1 is 1.22 bits per heavy atom. The number of halogens is 2. The summed E-state index contributed by atoms with van der Waals surface area (Å²) < 4.78 is 1.16. The third-order valence-electron chi connectivity index (χ3n) is 2.90. The van der Waals surface area contributed by atoms with E-state index in [-0.39, 0.29) is 6.04 Å². The molecule has 0 aliphatic rings. The summed E-state index contributed by atoms with van der Waals surface area (Å²) >= 11 is 8.33. The van der Waals surface area contributed by atoms with Crippen LogP contribution in [0.4, 0.5) is 0 Å². The first kappa shape index (κ1) is 13.8. The van der Waals surface area contributed by atoms with Crippen molar-refractivity contribution in [3.63, 3.8) is 0 Å². The van der Waals surface area contributed by atoms with E-state index in [1.807, 2.05) is 18.2 Å². The molecule has 0 amide bonds. The van der Waals surface area contributed by atoms with Gasteiger partial charge in [-0.25, -0.2) is 0 Å². The van der Waals surface area contributed by atoms with Gasteiger partial charge in [-0.1, -0.05) is 41.4 Å². The Morgan fingerprint density at radius 3 is 2.72 bits per heavy atom. The third-order valence-corrected chi connectivity index (χ3v) is 4.11. The molecule has 0 aromatic heterocycles. The van der Waals surface area contributed by atoms with Crippen LogP contribution in [0.2, 0.25) is 5.02 Å². The van der Waals surface area contributed by atoms with Crippen LogP contribution in [0.3, 0.4) is 0 Å². The molecular weight excluding hydrogens is 357 g/mol. The molecule has 2 aromatic carbocycles. The number of aryl methyl sites for hydroxylation is 1. The third kappa shape index (κ3) is 3.46. The molecule has 3 heteroatoms. The predicted octanol–water partition coefficient (Wildman–Crippen LogP) is 4.50. The summed E-state index contributed by atoms with van der Waals surface area (Å²) in [4.78, 5) is 0. The van der Waals surface area contributed by atoms with Crippen molar-refractivity contribution < 1.29 is 0 Å². The van der Waals surface area contributed by atoms with E-state index in [9.17, 15) is 0 Å². The number of hydrogen-bond acceptors (Lipinski definition) is 1. The minimum atomic E-state index is -0.0163. The maximum absolute atomic E-state index is 6.28. The zero-order chi connectivity index (χ0) is 13.1. The van der Waals surface area contributed by atoms with Gasteiger partial charge in [0.05, 0.1) is 0 Å². The highest BCUT2D eigenvalue weighted by Gasteiger charge is 2.11. The van der Waals surface area contributed by atoms with Crippen molar-refractivity contribution in [2.24, 2.45) is 5.73 Å². The van der Waals surface area contributed by atoms with E-state index < -0.39 is 0 Å². The topological polar surface area (TPSA) is 26.0 Å². The first-order valence-corrected chi connectivity index (χ1v) is 7.28. The average Bonchev–Trinajstić information content (AvgIpc) is 2.32. The molecule has 1 nitrogen and oxygen atoms in total. The lowest BCUT2D eigenvalue weighted by Gasteiger charge is -2.15. The number of hydrogen-bond donors (Lipinski definition) is 1. The van der Waals surface area contributed by atoms with E-state index in [1.54, 1.807) is 0 Å². The molecule has 0 aliphatic carbocycles. The van der Waals surface area contributed by atoms with Gasteiger partial charge >= 0.3 is 0 Å².